The molecule has 1 aliphatic carbocycles. The third-order valence-corrected chi connectivity index (χ3v) is 3.37. The summed E-state index contributed by atoms with van der Waals surface area (Å²) in [6, 6.07) is 6.79. The van der Waals surface area contributed by atoms with Crippen LogP contribution in [0.15, 0.2) is 36.4 Å². The van der Waals surface area contributed by atoms with Gasteiger partial charge in [-0.15, -0.1) is 0 Å². The first-order valence-corrected chi connectivity index (χ1v) is 7.33. The molecule has 0 radical (unpaired) electrons. The summed E-state index contributed by atoms with van der Waals surface area (Å²) in [4.78, 5) is 23.8. The first-order chi connectivity index (χ1) is 10.1. The highest BCUT2D eigenvalue weighted by Gasteiger charge is 2.18. The number of allylic oxidation sites excluding steroid dienone is 2. The fraction of sp³-hybridized carbons (Fsp3) is 0.412. The van der Waals surface area contributed by atoms with Gasteiger partial charge in [-0.2, -0.15) is 0 Å². The van der Waals surface area contributed by atoms with Crippen LogP contribution in [0.1, 0.15) is 43.5 Å². The van der Waals surface area contributed by atoms with E-state index in [2.05, 4.69) is 17.5 Å². The van der Waals surface area contributed by atoms with Gasteiger partial charge in [-0.3, -0.25) is 4.79 Å². The molecule has 112 valence electrons. The Balaban J connectivity index is 1.94. The van der Waals surface area contributed by atoms with Crippen LogP contribution in [-0.4, -0.2) is 18.0 Å². The van der Waals surface area contributed by atoms with E-state index >= 15 is 0 Å². The van der Waals surface area contributed by atoms with Crippen molar-refractivity contribution in [1.29, 1.82) is 0 Å². The fourth-order valence-electron chi connectivity index (χ4n) is 2.25. The highest BCUT2D eigenvalue weighted by Crippen LogP contribution is 2.20. The molecule has 1 aromatic carbocycles. The molecule has 0 aromatic heterocycles. The van der Waals surface area contributed by atoms with Gasteiger partial charge in [0.2, 0.25) is 5.91 Å². The van der Waals surface area contributed by atoms with Gasteiger partial charge in [-0.1, -0.05) is 12.2 Å². The van der Waals surface area contributed by atoms with Gasteiger partial charge in [-0.25, -0.2) is 4.79 Å². The number of carbonyl (C=O) groups is 2. The average molecular weight is 287 g/mol. The summed E-state index contributed by atoms with van der Waals surface area (Å²) in [6.45, 7) is 3.62. The lowest BCUT2D eigenvalue weighted by molar-refractivity contribution is -0.120. The highest BCUT2D eigenvalue weighted by atomic mass is 16.5. The van der Waals surface area contributed by atoms with Crippen molar-refractivity contribution in [2.45, 2.75) is 39.2 Å². The van der Waals surface area contributed by atoms with E-state index in [1.807, 2.05) is 13.8 Å². The Morgan fingerprint density at radius 3 is 2.48 bits per heavy atom. The zero-order valence-electron chi connectivity index (χ0n) is 12.5. The number of nitrogens with one attached hydrogen (secondary N) is 1. The lowest BCUT2D eigenvalue weighted by atomic mass is 9.93. The van der Waals surface area contributed by atoms with Crippen LogP contribution in [0.25, 0.3) is 0 Å². The van der Waals surface area contributed by atoms with E-state index in [-0.39, 0.29) is 23.9 Å². The Bertz CT molecular complexity index is 531. The molecule has 0 saturated heterocycles. The van der Waals surface area contributed by atoms with Crippen LogP contribution in [0.4, 0.5) is 5.69 Å². The van der Waals surface area contributed by atoms with Crippen molar-refractivity contribution in [3.8, 4) is 0 Å². The highest BCUT2D eigenvalue weighted by molar-refractivity contribution is 5.94. The maximum absolute atomic E-state index is 12.1. The Kier molecular flexibility index (Phi) is 5.14. The van der Waals surface area contributed by atoms with E-state index in [0.29, 0.717) is 11.3 Å². The molecule has 1 atom stereocenters. The molecule has 4 nitrogen and oxygen atoms in total. The quantitative estimate of drug-likeness (QED) is 0.680. The molecule has 4 heteroatoms. The number of rotatable bonds is 4. The standard InChI is InChI=1S/C17H21NO3/c1-12(2)21-17(20)14-8-10-15(11-9-14)18-16(19)13-6-4-3-5-7-13/h3-4,8-13H,5-7H2,1-2H3,(H,18,19)/t13-/m1/s1. The predicted molar refractivity (Wildman–Crippen MR) is 82.1 cm³/mol. The Hall–Kier alpha value is -2.10. The maximum Gasteiger partial charge on any atom is 0.338 e. The smallest absolute Gasteiger partial charge is 0.338 e. The zero-order valence-corrected chi connectivity index (χ0v) is 12.5. The molecule has 0 saturated carbocycles. The van der Waals surface area contributed by atoms with Crippen molar-refractivity contribution in [3.05, 3.63) is 42.0 Å². The van der Waals surface area contributed by atoms with E-state index in [0.717, 1.165) is 19.3 Å². The van der Waals surface area contributed by atoms with Crippen LogP contribution in [0.5, 0.6) is 0 Å². The molecule has 0 bridgehead atoms. The van der Waals surface area contributed by atoms with Crippen LogP contribution < -0.4 is 5.32 Å². The predicted octanol–water partition coefficient (Wildman–Crippen LogP) is 3.55. The van der Waals surface area contributed by atoms with Crippen LogP contribution in [-0.2, 0) is 9.53 Å². The van der Waals surface area contributed by atoms with Crippen LogP contribution in [0.3, 0.4) is 0 Å². The summed E-state index contributed by atoms with van der Waals surface area (Å²) >= 11 is 0. The largest absolute Gasteiger partial charge is 0.459 e. The maximum atomic E-state index is 12.1. The van der Waals surface area contributed by atoms with Gasteiger partial charge in [0.05, 0.1) is 11.7 Å². The first-order valence-electron chi connectivity index (χ1n) is 7.33. The minimum Gasteiger partial charge on any atom is -0.459 e. The van der Waals surface area contributed by atoms with Crippen molar-refractivity contribution >= 4 is 17.6 Å². The summed E-state index contributed by atoms with van der Waals surface area (Å²) in [5.74, 6) is -0.266. The van der Waals surface area contributed by atoms with Gasteiger partial charge in [0.1, 0.15) is 0 Å². The number of carbonyl (C=O) groups excluding carboxylic acids is 2. The number of anilines is 1. The number of hydrogen-bond acceptors (Lipinski definition) is 3. The second-order valence-corrected chi connectivity index (χ2v) is 5.50. The average Bonchev–Trinajstić information content (AvgIpc) is 2.48. The number of benzene rings is 1. The van der Waals surface area contributed by atoms with Crippen molar-refractivity contribution in [2.24, 2.45) is 5.92 Å². The SMILES string of the molecule is CC(C)OC(=O)c1ccc(NC(=O)[C@@H]2CC=CCC2)cc1. The van der Waals surface area contributed by atoms with E-state index in [1.54, 1.807) is 24.3 Å². The van der Waals surface area contributed by atoms with Gasteiger partial charge in [0.25, 0.3) is 0 Å². The topological polar surface area (TPSA) is 55.4 Å². The molecule has 0 unspecified atom stereocenters. The summed E-state index contributed by atoms with van der Waals surface area (Å²) in [5.41, 5.74) is 1.19. The molecule has 1 aliphatic rings. The van der Waals surface area contributed by atoms with Crippen LogP contribution in [0.2, 0.25) is 0 Å². The minimum absolute atomic E-state index is 0.0388. The minimum atomic E-state index is -0.347. The third kappa shape index (κ3) is 4.45. The van der Waals surface area contributed by atoms with Crippen LogP contribution >= 0.6 is 0 Å². The van der Waals surface area contributed by atoms with E-state index in [1.165, 1.54) is 0 Å². The van der Waals surface area contributed by atoms with Crippen molar-refractivity contribution < 1.29 is 14.3 Å². The zero-order chi connectivity index (χ0) is 15.2. The molecular weight excluding hydrogens is 266 g/mol. The molecule has 1 aromatic rings. The molecule has 0 fully saturated rings. The second kappa shape index (κ2) is 7.07. The van der Waals surface area contributed by atoms with Gasteiger partial charge in [0, 0.05) is 11.6 Å². The number of esters is 1. The van der Waals surface area contributed by atoms with Gasteiger partial charge < -0.3 is 10.1 Å². The van der Waals surface area contributed by atoms with E-state index in [9.17, 15) is 9.59 Å². The molecule has 2 rings (SSSR count). The number of hydrogen-bond donors (Lipinski definition) is 1. The second-order valence-electron chi connectivity index (χ2n) is 5.50. The Morgan fingerprint density at radius 1 is 1.19 bits per heavy atom. The Morgan fingerprint density at radius 2 is 1.90 bits per heavy atom. The van der Waals surface area contributed by atoms with Crippen molar-refractivity contribution in [2.75, 3.05) is 5.32 Å². The van der Waals surface area contributed by atoms with Gasteiger partial charge >= 0.3 is 5.97 Å². The number of amides is 1. The fourth-order valence-corrected chi connectivity index (χ4v) is 2.25. The third-order valence-electron chi connectivity index (χ3n) is 3.37. The lowest BCUT2D eigenvalue weighted by Crippen LogP contribution is -2.23. The summed E-state index contributed by atoms with van der Waals surface area (Å²) < 4.78 is 5.12. The first kappa shape index (κ1) is 15.3. The number of ether oxygens (including phenoxy) is 1. The molecular formula is C17H21NO3. The Labute approximate surface area is 125 Å². The molecule has 0 heterocycles. The van der Waals surface area contributed by atoms with E-state index < -0.39 is 0 Å². The molecule has 1 N–H and O–H groups in total. The van der Waals surface area contributed by atoms with E-state index in [4.69, 9.17) is 4.74 Å². The van der Waals surface area contributed by atoms with Gasteiger partial charge in [0.15, 0.2) is 0 Å². The molecule has 0 spiro atoms. The van der Waals surface area contributed by atoms with Crippen LogP contribution in [0, 0.1) is 5.92 Å². The summed E-state index contributed by atoms with van der Waals surface area (Å²) in [5, 5.41) is 2.89. The summed E-state index contributed by atoms with van der Waals surface area (Å²) in [7, 11) is 0. The van der Waals surface area contributed by atoms with Crippen molar-refractivity contribution in [1.82, 2.24) is 0 Å². The summed E-state index contributed by atoms with van der Waals surface area (Å²) in [6.07, 6.45) is 6.66. The molecule has 21 heavy (non-hydrogen) atoms. The normalized spacial score (nSPS) is 17.6. The van der Waals surface area contributed by atoms with Gasteiger partial charge in [-0.05, 0) is 57.4 Å². The molecule has 0 aliphatic heterocycles. The lowest BCUT2D eigenvalue weighted by Gasteiger charge is -2.17. The monoisotopic (exact) mass is 287 g/mol. The van der Waals surface area contributed by atoms with Crippen molar-refractivity contribution in [3.63, 3.8) is 0 Å². The molecule has 1 amide bonds.